The first kappa shape index (κ1) is 14.6. The Balaban J connectivity index is 1.84. The summed E-state index contributed by atoms with van der Waals surface area (Å²) < 4.78 is 14.0. The first-order valence-corrected chi connectivity index (χ1v) is 6.05. The highest BCUT2D eigenvalue weighted by Crippen LogP contribution is 2.08. The maximum Gasteiger partial charge on any atom is 0.244 e. The van der Waals surface area contributed by atoms with Crippen LogP contribution in [0.15, 0.2) is 30.6 Å². The van der Waals surface area contributed by atoms with Gasteiger partial charge in [-0.15, -0.1) is 5.10 Å². The maximum absolute atomic E-state index is 12.7. The Labute approximate surface area is 119 Å². The molecule has 21 heavy (non-hydrogen) atoms. The van der Waals surface area contributed by atoms with Crippen molar-refractivity contribution in [2.75, 3.05) is 18.9 Å². The van der Waals surface area contributed by atoms with Gasteiger partial charge in [0.25, 0.3) is 0 Å². The van der Waals surface area contributed by atoms with E-state index in [1.54, 1.807) is 0 Å². The molecular formula is C12H13FN6O2. The van der Waals surface area contributed by atoms with Crippen molar-refractivity contribution in [3.8, 4) is 0 Å². The Hall–Kier alpha value is -2.84. The molecule has 0 unspecified atom stereocenters. The minimum absolute atomic E-state index is 0.0483. The van der Waals surface area contributed by atoms with Crippen molar-refractivity contribution in [2.45, 2.75) is 6.54 Å². The predicted molar refractivity (Wildman–Crippen MR) is 70.5 cm³/mol. The minimum atomic E-state index is -0.387. The molecule has 1 aromatic carbocycles. The zero-order valence-electron chi connectivity index (χ0n) is 11.2. The number of carbonyl (C=O) groups is 2. The molecule has 0 aliphatic heterocycles. The summed E-state index contributed by atoms with van der Waals surface area (Å²) in [5.74, 6) is -1.08. The second-order valence-electron chi connectivity index (χ2n) is 4.31. The molecule has 1 aromatic heterocycles. The van der Waals surface area contributed by atoms with E-state index in [1.165, 1.54) is 47.2 Å². The summed E-state index contributed by atoms with van der Waals surface area (Å²) in [4.78, 5) is 24.8. The van der Waals surface area contributed by atoms with Gasteiger partial charge in [0.1, 0.15) is 18.7 Å². The fraction of sp³-hybridized carbons (Fsp3) is 0.250. The molecule has 0 radical (unpaired) electrons. The number of hydrogen-bond donors (Lipinski definition) is 1. The van der Waals surface area contributed by atoms with Crippen LogP contribution in [0.1, 0.15) is 0 Å². The second kappa shape index (κ2) is 6.55. The molecule has 0 saturated heterocycles. The van der Waals surface area contributed by atoms with Crippen LogP contribution in [0.3, 0.4) is 0 Å². The topological polar surface area (TPSA) is 93.0 Å². The second-order valence-corrected chi connectivity index (χ2v) is 4.31. The highest BCUT2D eigenvalue weighted by Gasteiger charge is 2.14. The van der Waals surface area contributed by atoms with Crippen LogP contribution in [0.2, 0.25) is 0 Å². The van der Waals surface area contributed by atoms with Gasteiger partial charge in [-0.1, -0.05) is 0 Å². The number of benzene rings is 1. The van der Waals surface area contributed by atoms with E-state index < -0.39 is 0 Å². The largest absolute Gasteiger partial charge is 0.335 e. The SMILES string of the molecule is CN(CC(=O)Nc1ccc(F)cc1)C(=O)Cn1cnnn1. The molecule has 0 aliphatic carbocycles. The fourth-order valence-corrected chi connectivity index (χ4v) is 1.55. The van der Waals surface area contributed by atoms with Crippen molar-refractivity contribution in [1.82, 2.24) is 25.1 Å². The average molecular weight is 292 g/mol. The van der Waals surface area contributed by atoms with Crippen molar-refractivity contribution in [2.24, 2.45) is 0 Å². The van der Waals surface area contributed by atoms with Crippen molar-refractivity contribution < 1.29 is 14.0 Å². The van der Waals surface area contributed by atoms with Gasteiger partial charge in [-0.25, -0.2) is 9.07 Å². The minimum Gasteiger partial charge on any atom is -0.335 e. The van der Waals surface area contributed by atoms with Crippen LogP contribution in [-0.4, -0.2) is 50.5 Å². The molecule has 0 fully saturated rings. The summed E-state index contributed by atoms with van der Waals surface area (Å²) in [6, 6.07) is 5.36. The van der Waals surface area contributed by atoms with E-state index in [0.29, 0.717) is 5.69 Å². The molecular weight excluding hydrogens is 279 g/mol. The van der Waals surface area contributed by atoms with Crippen molar-refractivity contribution in [3.63, 3.8) is 0 Å². The molecule has 0 spiro atoms. The molecule has 0 atom stereocenters. The lowest BCUT2D eigenvalue weighted by Gasteiger charge is -2.16. The third-order valence-electron chi connectivity index (χ3n) is 2.62. The zero-order valence-corrected chi connectivity index (χ0v) is 11.2. The van der Waals surface area contributed by atoms with Gasteiger partial charge in [0.05, 0.1) is 6.54 Å². The van der Waals surface area contributed by atoms with Gasteiger partial charge in [0.15, 0.2) is 0 Å². The lowest BCUT2D eigenvalue weighted by molar-refractivity contribution is -0.134. The molecule has 1 N–H and O–H groups in total. The standard InChI is InChI=1S/C12H13FN6O2/c1-18(12(21)7-19-8-14-16-17-19)6-11(20)15-10-4-2-9(13)3-5-10/h2-5,8H,6-7H2,1H3,(H,15,20). The van der Waals surface area contributed by atoms with E-state index in [4.69, 9.17) is 0 Å². The number of nitrogens with zero attached hydrogens (tertiary/aromatic N) is 5. The van der Waals surface area contributed by atoms with Crippen LogP contribution in [0.5, 0.6) is 0 Å². The lowest BCUT2D eigenvalue weighted by atomic mass is 10.3. The number of nitrogens with one attached hydrogen (secondary N) is 1. The Bertz CT molecular complexity index is 613. The zero-order chi connectivity index (χ0) is 15.2. The van der Waals surface area contributed by atoms with Crippen LogP contribution in [-0.2, 0) is 16.1 Å². The smallest absolute Gasteiger partial charge is 0.244 e. The van der Waals surface area contributed by atoms with Crippen molar-refractivity contribution in [1.29, 1.82) is 0 Å². The molecule has 0 aliphatic rings. The summed E-state index contributed by atoms with van der Waals surface area (Å²) >= 11 is 0. The van der Waals surface area contributed by atoms with Gasteiger partial charge in [-0.3, -0.25) is 9.59 Å². The third kappa shape index (κ3) is 4.34. The number of aromatic nitrogens is 4. The van der Waals surface area contributed by atoms with Gasteiger partial charge >= 0.3 is 0 Å². The van der Waals surface area contributed by atoms with Crippen LogP contribution in [0, 0.1) is 5.82 Å². The number of anilines is 1. The van der Waals surface area contributed by atoms with Gasteiger partial charge in [-0.05, 0) is 34.7 Å². The number of carbonyl (C=O) groups excluding carboxylic acids is 2. The highest BCUT2D eigenvalue weighted by molar-refractivity contribution is 5.94. The van der Waals surface area contributed by atoms with E-state index >= 15 is 0 Å². The number of rotatable bonds is 5. The van der Waals surface area contributed by atoms with Crippen molar-refractivity contribution in [3.05, 3.63) is 36.4 Å². The average Bonchev–Trinajstić information content (AvgIpc) is 2.94. The summed E-state index contributed by atoms with van der Waals surface area (Å²) in [6.45, 7) is -0.175. The van der Waals surface area contributed by atoms with Crippen LogP contribution in [0.4, 0.5) is 10.1 Å². The summed E-state index contributed by atoms with van der Waals surface area (Å²) in [6.07, 6.45) is 1.31. The summed E-state index contributed by atoms with van der Waals surface area (Å²) in [5, 5.41) is 13.0. The molecule has 8 nitrogen and oxygen atoms in total. The normalized spacial score (nSPS) is 10.2. The molecule has 0 saturated carbocycles. The van der Waals surface area contributed by atoms with Gasteiger partial charge in [-0.2, -0.15) is 0 Å². The molecule has 2 rings (SSSR count). The summed E-state index contributed by atoms with van der Waals surface area (Å²) in [5.41, 5.74) is 0.461. The molecule has 9 heteroatoms. The number of hydrogen-bond acceptors (Lipinski definition) is 5. The molecule has 0 bridgehead atoms. The van der Waals surface area contributed by atoms with Gasteiger partial charge in [0.2, 0.25) is 11.8 Å². The van der Waals surface area contributed by atoms with E-state index in [0.717, 1.165) is 0 Å². The van der Waals surface area contributed by atoms with E-state index in [-0.39, 0.29) is 30.7 Å². The molecule has 2 aromatic rings. The number of amides is 2. The number of halogens is 1. The Kier molecular flexibility index (Phi) is 4.54. The first-order valence-electron chi connectivity index (χ1n) is 6.05. The van der Waals surface area contributed by atoms with E-state index in [2.05, 4.69) is 20.8 Å². The third-order valence-corrected chi connectivity index (χ3v) is 2.62. The molecule has 1 heterocycles. The van der Waals surface area contributed by atoms with E-state index in [9.17, 15) is 14.0 Å². The van der Waals surface area contributed by atoms with Gasteiger partial charge in [0, 0.05) is 12.7 Å². The van der Waals surface area contributed by atoms with E-state index in [1.807, 2.05) is 0 Å². The quantitative estimate of drug-likeness (QED) is 0.831. The molecule has 110 valence electrons. The lowest BCUT2D eigenvalue weighted by Crippen LogP contribution is -2.37. The summed E-state index contributed by atoms with van der Waals surface area (Å²) in [7, 11) is 1.50. The van der Waals surface area contributed by atoms with Crippen LogP contribution in [0.25, 0.3) is 0 Å². The molecule has 2 amide bonds. The monoisotopic (exact) mass is 292 g/mol. The predicted octanol–water partition coefficient (Wildman–Crippen LogP) is -0.0907. The van der Waals surface area contributed by atoms with Crippen LogP contribution >= 0.6 is 0 Å². The highest BCUT2D eigenvalue weighted by atomic mass is 19.1. The van der Waals surface area contributed by atoms with Crippen molar-refractivity contribution >= 4 is 17.5 Å². The number of tetrazole rings is 1. The van der Waals surface area contributed by atoms with Crippen LogP contribution < -0.4 is 5.32 Å². The number of likely N-dealkylation sites (N-methyl/N-ethyl adjacent to an activating group) is 1. The Morgan fingerprint density at radius 2 is 2.05 bits per heavy atom. The first-order chi connectivity index (χ1) is 10.0. The Morgan fingerprint density at radius 1 is 1.33 bits per heavy atom. The maximum atomic E-state index is 12.7. The van der Waals surface area contributed by atoms with Gasteiger partial charge < -0.3 is 10.2 Å². The Morgan fingerprint density at radius 3 is 2.67 bits per heavy atom. The fourth-order valence-electron chi connectivity index (χ4n) is 1.55.